The Kier molecular flexibility index (Phi) is 5.34. The fourth-order valence-corrected chi connectivity index (χ4v) is 4.39. The molecular formula is C21H28N6O2. The van der Waals surface area contributed by atoms with E-state index in [1.165, 1.54) is 0 Å². The lowest BCUT2D eigenvalue weighted by Crippen LogP contribution is -2.47. The molecule has 1 atom stereocenters. The number of piperidine rings is 1. The minimum absolute atomic E-state index is 0.0132. The Morgan fingerprint density at radius 3 is 2.41 bits per heavy atom. The average Bonchev–Trinajstić information content (AvgIpc) is 3.18. The SMILES string of the molecule is CC(C)c1nnc2n1[C@@H](C)CN(C(=O)C1CCN(C(=O)c3ccncc3)CC1)C2. The summed E-state index contributed by atoms with van der Waals surface area (Å²) >= 11 is 0. The monoisotopic (exact) mass is 396 g/mol. The molecule has 0 saturated carbocycles. The van der Waals surface area contributed by atoms with Gasteiger partial charge in [-0.2, -0.15) is 0 Å². The first-order valence-electron chi connectivity index (χ1n) is 10.4. The first kappa shape index (κ1) is 19.5. The third kappa shape index (κ3) is 3.75. The molecule has 2 aliphatic rings. The van der Waals surface area contributed by atoms with Crippen LogP contribution in [-0.2, 0) is 11.3 Å². The molecule has 0 unspecified atom stereocenters. The summed E-state index contributed by atoms with van der Waals surface area (Å²) in [6, 6.07) is 3.63. The maximum atomic E-state index is 13.2. The first-order valence-corrected chi connectivity index (χ1v) is 10.4. The molecule has 0 radical (unpaired) electrons. The van der Waals surface area contributed by atoms with E-state index >= 15 is 0 Å². The molecule has 8 heteroatoms. The van der Waals surface area contributed by atoms with E-state index in [2.05, 4.69) is 40.5 Å². The van der Waals surface area contributed by atoms with E-state index in [-0.39, 0.29) is 23.8 Å². The van der Waals surface area contributed by atoms with Gasteiger partial charge in [0.1, 0.15) is 5.82 Å². The van der Waals surface area contributed by atoms with Crippen LogP contribution in [0.5, 0.6) is 0 Å². The summed E-state index contributed by atoms with van der Waals surface area (Å²) in [7, 11) is 0. The number of nitrogens with zero attached hydrogens (tertiary/aromatic N) is 6. The van der Waals surface area contributed by atoms with Gasteiger partial charge in [-0.05, 0) is 31.9 Å². The van der Waals surface area contributed by atoms with E-state index in [1.54, 1.807) is 24.5 Å². The Balaban J connectivity index is 1.38. The molecule has 0 spiro atoms. The Morgan fingerprint density at radius 2 is 1.76 bits per heavy atom. The highest BCUT2D eigenvalue weighted by molar-refractivity contribution is 5.94. The molecule has 8 nitrogen and oxygen atoms in total. The van der Waals surface area contributed by atoms with Crippen LogP contribution >= 0.6 is 0 Å². The van der Waals surface area contributed by atoms with Crippen molar-refractivity contribution in [3.8, 4) is 0 Å². The zero-order chi connectivity index (χ0) is 20.5. The molecule has 2 amide bonds. The lowest BCUT2D eigenvalue weighted by atomic mass is 9.94. The van der Waals surface area contributed by atoms with Gasteiger partial charge in [0, 0.05) is 49.4 Å². The van der Waals surface area contributed by atoms with Crippen molar-refractivity contribution in [2.24, 2.45) is 5.92 Å². The average molecular weight is 396 g/mol. The van der Waals surface area contributed by atoms with E-state index in [4.69, 9.17) is 0 Å². The second-order valence-electron chi connectivity index (χ2n) is 8.37. The first-order chi connectivity index (χ1) is 14.0. The van der Waals surface area contributed by atoms with Gasteiger partial charge in [0.05, 0.1) is 12.6 Å². The van der Waals surface area contributed by atoms with Crippen LogP contribution in [-0.4, -0.2) is 61.0 Å². The largest absolute Gasteiger partial charge is 0.339 e. The third-order valence-electron chi connectivity index (χ3n) is 5.94. The molecule has 0 bridgehead atoms. The summed E-state index contributed by atoms with van der Waals surface area (Å²) < 4.78 is 2.18. The number of amides is 2. The number of rotatable bonds is 3. The Bertz CT molecular complexity index is 886. The van der Waals surface area contributed by atoms with Gasteiger partial charge in [0.15, 0.2) is 5.82 Å². The fraction of sp³-hybridized carbons (Fsp3) is 0.571. The van der Waals surface area contributed by atoms with Crippen molar-refractivity contribution >= 4 is 11.8 Å². The minimum atomic E-state index is -0.0391. The second kappa shape index (κ2) is 7.93. The van der Waals surface area contributed by atoms with Crippen molar-refractivity contribution < 1.29 is 9.59 Å². The van der Waals surface area contributed by atoms with Gasteiger partial charge < -0.3 is 14.4 Å². The predicted octanol–water partition coefficient (Wildman–Crippen LogP) is 2.25. The number of hydrogen-bond acceptors (Lipinski definition) is 5. The van der Waals surface area contributed by atoms with Crippen LogP contribution in [0.4, 0.5) is 0 Å². The van der Waals surface area contributed by atoms with Gasteiger partial charge in [-0.25, -0.2) is 0 Å². The lowest BCUT2D eigenvalue weighted by Gasteiger charge is -2.37. The summed E-state index contributed by atoms with van der Waals surface area (Å²) in [5.74, 6) is 2.31. The van der Waals surface area contributed by atoms with E-state index in [1.807, 2.05) is 9.80 Å². The van der Waals surface area contributed by atoms with Gasteiger partial charge in [-0.3, -0.25) is 14.6 Å². The standard InChI is InChI=1S/C21H28N6O2/c1-14(2)19-24-23-18-13-26(12-15(3)27(18)19)21(29)17-6-10-25(11-7-17)20(28)16-4-8-22-9-5-16/h4-5,8-9,14-15,17H,6-7,10-13H2,1-3H3/t15-/m0/s1. The quantitative estimate of drug-likeness (QED) is 0.795. The third-order valence-corrected chi connectivity index (χ3v) is 5.94. The molecule has 4 heterocycles. The van der Waals surface area contributed by atoms with Crippen LogP contribution in [0.3, 0.4) is 0 Å². The van der Waals surface area contributed by atoms with Gasteiger partial charge >= 0.3 is 0 Å². The van der Waals surface area contributed by atoms with Crippen LogP contribution in [0, 0.1) is 5.92 Å². The predicted molar refractivity (Wildman–Crippen MR) is 107 cm³/mol. The highest BCUT2D eigenvalue weighted by Crippen LogP contribution is 2.28. The van der Waals surface area contributed by atoms with Crippen LogP contribution < -0.4 is 0 Å². The summed E-state index contributed by atoms with van der Waals surface area (Å²) in [6.45, 7) is 8.75. The zero-order valence-electron chi connectivity index (χ0n) is 17.3. The molecule has 1 saturated heterocycles. The van der Waals surface area contributed by atoms with Crippen molar-refractivity contribution in [1.29, 1.82) is 0 Å². The minimum Gasteiger partial charge on any atom is -0.339 e. The van der Waals surface area contributed by atoms with E-state index in [0.717, 1.165) is 11.6 Å². The van der Waals surface area contributed by atoms with Crippen LogP contribution in [0.25, 0.3) is 0 Å². The number of pyridine rings is 1. The highest BCUT2D eigenvalue weighted by Gasteiger charge is 2.35. The number of aromatic nitrogens is 4. The number of fused-ring (bicyclic) bond motifs is 1. The Hall–Kier alpha value is -2.77. The highest BCUT2D eigenvalue weighted by atomic mass is 16.2. The number of hydrogen-bond donors (Lipinski definition) is 0. The summed E-state index contributed by atoms with van der Waals surface area (Å²) in [6.07, 6.45) is 4.66. The van der Waals surface area contributed by atoms with E-state index < -0.39 is 0 Å². The maximum absolute atomic E-state index is 13.2. The van der Waals surface area contributed by atoms with Crippen molar-refractivity contribution in [2.45, 2.75) is 52.1 Å². The summed E-state index contributed by atoms with van der Waals surface area (Å²) in [4.78, 5) is 33.5. The van der Waals surface area contributed by atoms with Gasteiger partial charge in [-0.15, -0.1) is 10.2 Å². The molecular weight excluding hydrogens is 368 g/mol. The van der Waals surface area contributed by atoms with Crippen LogP contribution in [0.2, 0.25) is 0 Å². The Morgan fingerprint density at radius 1 is 1.07 bits per heavy atom. The van der Waals surface area contributed by atoms with Crippen molar-refractivity contribution in [3.63, 3.8) is 0 Å². The molecule has 154 valence electrons. The zero-order valence-corrected chi connectivity index (χ0v) is 17.3. The van der Waals surface area contributed by atoms with Crippen LogP contribution in [0.1, 0.15) is 67.6 Å². The smallest absolute Gasteiger partial charge is 0.253 e. The maximum Gasteiger partial charge on any atom is 0.253 e. The molecule has 0 N–H and O–H groups in total. The topological polar surface area (TPSA) is 84.2 Å². The number of carbonyl (C=O) groups is 2. The molecule has 2 aromatic rings. The summed E-state index contributed by atoms with van der Waals surface area (Å²) in [5.41, 5.74) is 0.648. The fourth-order valence-electron chi connectivity index (χ4n) is 4.39. The molecule has 29 heavy (non-hydrogen) atoms. The normalized spacial score (nSPS) is 20.1. The molecule has 2 aliphatic heterocycles. The Labute approximate surface area is 170 Å². The van der Waals surface area contributed by atoms with Crippen molar-refractivity contribution in [1.82, 2.24) is 29.5 Å². The molecule has 0 aliphatic carbocycles. The van der Waals surface area contributed by atoms with Crippen LogP contribution in [0.15, 0.2) is 24.5 Å². The summed E-state index contributed by atoms with van der Waals surface area (Å²) in [5, 5.41) is 8.67. The van der Waals surface area contributed by atoms with E-state index in [9.17, 15) is 9.59 Å². The lowest BCUT2D eigenvalue weighted by molar-refractivity contribution is -0.139. The van der Waals surface area contributed by atoms with Gasteiger partial charge in [-0.1, -0.05) is 13.8 Å². The van der Waals surface area contributed by atoms with Gasteiger partial charge in [0.25, 0.3) is 5.91 Å². The van der Waals surface area contributed by atoms with Crippen molar-refractivity contribution in [3.05, 3.63) is 41.7 Å². The number of carbonyl (C=O) groups excluding carboxylic acids is 2. The molecule has 1 fully saturated rings. The van der Waals surface area contributed by atoms with Crippen molar-refractivity contribution in [2.75, 3.05) is 19.6 Å². The number of likely N-dealkylation sites (tertiary alicyclic amines) is 1. The second-order valence-corrected chi connectivity index (χ2v) is 8.37. The molecule has 2 aromatic heterocycles. The van der Waals surface area contributed by atoms with E-state index in [0.29, 0.717) is 50.5 Å². The molecule has 4 rings (SSSR count). The molecule has 0 aromatic carbocycles. The van der Waals surface area contributed by atoms with Gasteiger partial charge in [0.2, 0.25) is 5.91 Å².